The van der Waals surface area contributed by atoms with Crippen LogP contribution in [0.1, 0.15) is 37.5 Å². The minimum atomic E-state index is -0.264. The standard InChI is InChI=1S/C15H18BrFN2O2/c16-15-10(4-3-6-20)12(17)8-13-11(15)9-18-19(13)14-5-1-2-7-21-14/h8-9,14,20H,1-7H2. The lowest BCUT2D eigenvalue weighted by atomic mass is 10.1. The Bertz CT molecular complexity index is 638. The summed E-state index contributed by atoms with van der Waals surface area (Å²) in [5.74, 6) is -0.264. The quantitative estimate of drug-likeness (QED) is 0.910. The largest absolute Gasteiger partial charge is 0.396 e. The molecule has 1 atom stereocenters. The minimum Gasteiger partial charge on any atom is -0.396 e. The molecular weight excluding hydrogens is 339 g/mol. The molecule has 114 valence electrons. The lowest BCUT2D eigenvalue weighted by Gasteiger charge is -2.23. The van der Waals surface area contributed by atoms with Crippen LogP contribution in [-0.2, 0) is 11.2 Å². The van der Waals surface area contributed by atoms with Gasteiger partial charge in [0.15, 0.2) is 6.23 Å². The van der Waals surface area contributed by atoms with Crippen molar-refractivity contribution in [3.05, 3.63) is 28.1 Å². The van der Waals surface area contributed by atoms with Crippen LogP contribution in [0.5, 0.6) is 0 Å². The fourth-order valence-electron chi connectivity index (χ4n) is 2.79. The van der Waals surface area contributed by atoms with Crippen molar-refractivity contribution >= 4 is 26.8 Å². The molecule has 2 heterocycles. The van der Waals surface area contributed by atoms with E-state index < -0.39 is 0 Å². The summed E-state index contributed by atoms with van der Waals surface area (Å²) < 4.78 is 22.6. The Morgan fingerprint density at radius 1 is 1.48 bits per heavy atom. The fraction of sp³-hybridized carbons (Fsp3) is 0.533. The Morgan fingerprint density at radius 2 is 2.33 bits per heavy atom. The molecule has 1 N–H and O–H groups in total. The third kappa shape index (κ3) is 2.84. The van der Waals surface area contributed by atoms with Crippen molar-refractivity contribution in [3.8, 4) is 0 Å². The number of rotatable bonds is 4. The maximum absolute atomic E-state index is 14.3. The van der Waals surface area contributed by atoms with Gasteiger partial charge in [-0.3, -0.25) is 0 Å². The van der Waals surface area contributed by atoms with Crippen molar-refractivity contribution in [1.82, 2.24) is 9.78 Å². The van der Waals surface area contributed by atoms with Crippen LogP contribution in [0, 0.1) is 5.82 Å². The zero-order valence-corrected chi connectivity index (χ0v) is 13.3. The van der Waals surface area contributed by atoms with Crippen LogP contribution in [0.4, 0.5) is 4.39 Å². The molecule has 1 aromatic heterocycles. The third-order valence-electron chi connectivity index (χ3n) is 3.90. The number of ether oxygens (including phenoxy) is 1. The Balaban J connectivity index is 2.02. The van der Waals surface area contributed by atoms with Gasteiger partial charge >= 0.3 is 0 Å². The van der Waals surface area contributed by atoms with Gasteiger partial charge in [-0.25, -0.2) is 9.07 Å². The first-order valence-electron chi connectivity index (χ1n) is 7.29. The molecule has 21 heavy (non-hydrogen) atoms. The van der Waals surface area contributed by atoms with E-state index in [9.17, 15) is 4.39 Å². The highest BCUT2D eigenvalue weighted by atomic mass is 79.9. The molecule has 0 aliphatic carbocycles. The molecule has 1 aromatic carbocycles. The summed E-state index contributed by atoms with van der Waals surface area (Å²) in [6, 6.07) is 1.53. The number of nitrogens with zero attached hydrogens (tertiary/aromatic N) is 2. The SMILES string of the molecule is OCCCc1c(F)cc2c(cnn2C2CCCCO2)c1Br. The number of hydrogen-bond acceptors (Lipinski definition) is 3. The van der Waals surface area contributed by atoms with Crippen LogP contribution in [0.3, 0.4) is 0 Å². The molecule has 6 heteroatoms. The van der Waals surface area contributed by atoms with E-state index in [1.54, 1.807) is 10.9 Å². The molecule has 1 fully saturated rings. The number of benzene rings is 1. The predicted octanol–water partition coefficient (Wildman–Crippen LogP) is 3.56. The number of aliphatic hydroxyl groups is 1. The number of aliphatic hydroxyl groups excluding tert-OH is 1. The first-order valence-corrected chi connectivity index (χ1v) is 8.08. The zero-order valence-electron chi connectivity index (χ0n) is 11.7. The van der Waals surface area contributed by atoms with Crippen LogP contribution in [0.2, 0.25) is 0 Å². The number of hydrogen-bond donors (Lipinski definition) is 1. The highest BCUT2D eigenvalue weighted by Gasteiger charge is 2.21. The van der Waals surface area contributed by atoms with Crippen LogP contribution < -0.4 is 0 Å². The summed E-state index contributed by atoms with van der Waals surface area (Å²) in [5, 5.41) is 14.2. The molecule has 3 rings (SSSR count). The third-order valence-corrected chi connectivity index (χ3v) is 4.81. The molecule has 4 nitrogen and oxygen atoms in total. The van der Waals surface area contributed by atoms with E-state index in [1.165, 1.54) is 6.07 Å². The molecule has 0 amide bonds. The van der Waals surface area contributed by atoms with E-state index in [-0.39, 0.29) is 18.7 Å². The van der Waals surface area contributed by atoms with Gasteiger partial charge in [0.05, 0.1) is 11.7 Å². The molecule has 0 radical (unpaired) electrons. The number of fused-ring (bicyclic) bond motifs is 1. The van der Waals surface area contributed by atoms with E-state index >= 15 is 0 Å². The number of halogens is 2. The molecule has 0 spiro atoms. The van der Waals surface area contributed by atoms with Gasteiger partial charge in [-0.2, -0.15) is 5.10 Å². The van der Waals surface area contributed by atoms with Crippen LogP contribution in [0.25, 0.3) is 10.9 Å². The van der Waals surface area contributed by atoms with Crippen molar-refractivity contribution in [2.24, 2.45) is 0 Å². The summed E-state index contributed by atoms with van der Waals surface area (Å²) in [6.07, 6.45) is 5.77. The Morgan fingerprint density at radius 3 is 3.05 bits per heavy atom. The second kappa shape index (κ2) is 6.42. The second-order valence-corrected chi connectivity index (χ2v) is 6.11. The van der Waals surface area contributed by atoms with Gasteiger partial charge in [0.1, 0.15) is 5.82 Å². The smallest absolute Gasteiger partial charge is 0.150 e. The minimum absolute atomic E-state index is 0.0547. The highest BCUT2D eigenvalue weighted by Crippen LogP contribution is 2.33. The molecule has 0 saturated carbocycles. The van der Waals surface area contributed by atoms with Crippen LogP contribution in [0.15, 0.2) is 16.7 Å². The van der Waals surface area contributed by atoms with Crippen LogP contribution in [-0.4, -0.2) is 28.1 Å². The summed E-state index contributed by atoms with van der Waals surface area (Å²) in [4.78, 5) is 0. The average Bonchev–Trinajstić information content (AvgIpc) is 2.92. The summed E-state index contributed by atoms with van der Waals surface area (Å²) in [7, 11) is 0. The van der Waals surface area contributed by atoms with Crippen molar-refractivity contribution < 1.29 is 14.2 Å². The first kappa shape index (κ1) is 14.9. The Hall–Kier alpha value is -0.980. The first-order chi connectivity index (χ1) is 10.2. The van der Waals surface area contributed by atoms with Gasteiger partial charge in [0.2, 0.25) is 0 Å². The summed E-state index contributed by atoms with van der Waals surface area (Å²) >= 11 is 3.48. The number of aromatic nitrogens is 2. The van der Waals surface area contributed by atoms with Crippen molar-refractivity contribution in [2.45, 2.75) is 38.3 Å². The van der Waals surface area contributed by atoms with E-state index in [0.29, 0.717) is 18.4 Å². The molecule has 1 aliphatic heterocycles. The van der Waals surface area contributed by atoms with E-state index in [1.807, 2.05) is 0 Å². The molecule has 1 aliphatic rings. The zero-order chi connectivity index (χ0) is 14.8. The van der Waals surface area contributed by atoms with E-state index in [0.717, 1.165) is 41.2 Å². The molecular formula is C15H18BrFN2O2. The van der Waals surface area contributed by atoms with E-state index in [2.05, 4.69) is 21.0 Å². The van der Waals surface area contributed by atoms with E-state index in [4.69, 9.17) is 9.84 Å². The average molecular weight is 357 g/mol. The lowest BCUT2D eigenvalue weighted by Crippen LogP contribution is -2.19. The van der Waals surface area contributed by atoms with Gasteiger partial charge < -0.3 is 9.84 Å². The van der Waals surface area contributed by atoms with Gasteiger partial charge in [0.25, 0.3) is 0 Å². The van der Waals surface area contributed by atoms with Gasteiger partial charge in [-0.1, -0.05) is 0 Å². The fourth-order valence-corrected chi connectivity index (χ4v) is 3.48. The Kier molecular flexibility index (Phi) is 4.57. The van der Waals surface area contributed by atoms with Crippen molar-refractivity contribution in [3.63, 3.8) is 0 Å². The summed E-state index contributed by atoms with van der Waals surface area (Å²) in [5.41, 5.74) is 1.35. The highest BCUT2D eigenvalue weighted by molar-refractivity contribution is 9.10. The lowest BCUT2D eigenvalue weighted by molar-refractivity contribution is -0.0366. The second-order valence-electron chi connectivity index (χ2n) is 5.32. The molecule has 1 saturated heterocycles. The monoisotopic (exact) mass is 356 g/mol. The van der Waals surface area contributed by atoms with Crippen molar-refractivity contribution in [1.29, 1.82) is 0 Å². The molecule has 1 unspecified atom stereocenters. The van der Waals surface area contributed by atoms with Crippen LogP contribution >= 0.6 is 15.9 Å². The van der Waals surface area contributed by atoms with Crippen molar-refractivity contribution in [2.75, 3.05) is 13.2 Å². The molecule has 0 bridgehead atoms. The van der Waals surface area contributed by atoms with Gasteiger partial charge in [-0.05, 0) is 48.0 Å². The van der Waals surface area contributed by atoms with Gasteiger partial charge in [-0.15, -0.1) is 0 Å². The predicted molar refractivity (Wildman–Crippen MR) is 81.6 cm³/mol. The normalized spacial score (nSPS) is 19.3. The maximum Gasteiger partial charge on any atom is 0.150 e. The summed E-state index contributed by atoms with van der Waals surface area (Å²) in [6.45, 7) is 0.781. The Labute approximate surface area is 131 Å². The topological polar surface area (TPSA) is 47.3 Å². The van der Waals surface area contributed by atoms with Gasteiger partial charge in [0, 0.05) is 34.7 Å². The molecule has 2 aromatic rings. The maximum atomic E-state index is 14.3.